The lowest BCUT2D eigenvalue weighted by Gasteiger charge is -2.35. The van der Waals surface area contributed by atoms with E-state index in [-0.39, 0.29) is 10.6 Å². The molecule has 2 saturated heterocycles. The molecule has 0 amide bonds. The zero-order valence-corrected chi connectivity index (χ0v) is 18.5. The Bertz CT molecular complexity index is 1030. The van der Waals surface area contributed by atoms with Crippen molar-refractivity contribution in [1.29, 1.82) is 0 Å². The zero-order chi connectivity index (χ0) is 21.3. The van der Waals surface area contributed by atoms with Gasteiger partial charge >= 0.3 is 0 Å². The molecule has 0 aliphatic carbocycles. The van der Waals surface area contributed by atoms with Gasteiger partial charge in [0.1, 0.15) is 5.69 Å². The first-order valence-electron chi connectivity index (χ1n) is 10.0. The Morgan fingerprint density at radius 2 is 1.83 bits per heavy atom. The van der Waals surface area contributed by atoms with E-state index in [1.807, 2.05) is 11.8 Å². The lowest BCUT2D eigenvalue weighted by Crippen LogP contribution is -2.46. The Balaban J connectivity index is 1.49. The fourth-order valence-electron chi connectivity index (χ4n) is 4.01. The number of nitro benzene ring substituents is 1. The minimum atomic E-state index is -3.69. The highest BCUT2D eigenvalue weighted by molar-refractivity contribution is 7.89. The number of piperazine rings is 1. The van der Waals surface area contributed by atoms with Gasteiger partial charge in [0.2, 0.25) is 10.0 Å². The molecule has 2 aromatic rings. The van der Waals surface area contributed by atoms with Crippen molar-refractivity contribution in [2.24, 2.45) is 0 Å². The van der Waals surface area contributed by atoms with Gasteiger partial charge in [-0.05, 0) is 31.9 Å². The van der Waals surface area contributed by atoms with Crippen molar-refractivity contribution in [3.63, 3.8) is 0 Å². The van der Waals surface area contributed by atoms with Crippen molar-refractivity contribution >= 4 is 32.7 Å². The van der Waals surface area contributed by atoms with E-state index in [1.54, 1.807) is 17.4 Å². The van der Waals surface area contributed by atoms with Crippen LogP contribution in [0, 0.1) is 17.0 Å². The summed E-state index contributed by atoms with van der Waals surface area (Å²) in [6, 6.07) is 4.30. The van der Waals surface area contributed by atoms with E-state index in [9.17, 15) is 18.5 Å². The molecule has 0 spiro atoms. The maximum atomic E-state index is 12.8. The third-order valence-corrected chi connectivity index (χ3v) is 8.33. The predicted molar refractivity (Wildman–Crippen MR) is 115 cm³/mol. The summed E-state index contributed by atoms with van der Waals surface area (Å²) in [6.07, 6.45) is 1.65. The van der Waals surface area contributed by atoms with Crippen LogP contribution in [0.2, 0.25) is 0 Å². The quantitative estimate of drug-likeness (QED) is 0.491. The lowest BCUT2D eigenvalue weighted by atomic mass is 10.2. The van der Waals surface area contributed by atoms with E-state index in [1.165, 1.54) is 16.4 Å². The van der Waals surface area contributed by atoms with Crippen LogP contribution in [-0.2, 0) is 16.6 Å². The second-order valence-electron chi connectivity index (χ2n) is 7.64. The van der Waals surface area contributed by atoms with Gasteiger partial charge in [-0.3, -0.25) is 15.0 Å². The molecular weight excluding hydrogens is 426 g/mol. The molecule has 11 heteroatoms. The van der Waals surface area contributed by atoms with E-state index in [0.717, 1.165) is 43.2 Å². The van der Waals surface area contributed by atoms with Gasteiger partial charge in [-0.2, -0.15) is 4.31 Å². The molecule has 0 saturated carbocycles. The molecule has 4 rings (SSSR count). The fraction of sp³-hybridized carbons (Fsp3) is 0.526. The van der Waals surface area contributed by atoms with Crippen LogP contribution in [0.5, 0.6) is 0 Å². The largest absolute Gasteiger partial charge is 0.363 e. The summed E-state index contributed by atoms with van der Waals surface area (Å²) >= 11 is 1.63. The van der Waals surface area contributed by atoms with Gasteiger partial charge in [0.15, 0.2) is 0 Å². The van der Waals surface area contributed by atoms with Gasteiger partial charge in [0.05, 0.1) is 20.5 Å². The van der Waals surface area contributed by atoms with Gasteiger partial charge in [-0.15, -0.1) is 11.3 Å². The third kappa shape index (κ3) is 4.34. The van der Waals surface area contributed by atoms with E-state index < -0.39 is 14.9 Å². The summed E-state index contributed by atoms with van der Waals surface area (Å²) in [4.78, 5) is 20.0. The van der Waals surface area contributed by atoms with Gasteiger partial charge in [0.25, 0.3) is 5.69 Å². The summed E-state index contributed by atoms with van der Waals surface area (Å²) in [5, 5.41) is 14.8. The van der Waals surface area contributed by atoms with Crippen LogP contribution >= 0.6 is 11.3 Å². The summed E-state index contributed by atoms with van der Waals surface area (Å²) in [5.74, 6) is 0. The Hall–Kier alpha value is -2.08. The molecule has 1 aromatic heterocycles. The van der Waals surface area contributed by atoms with Crippen molar-refractivity contribution in [1.82, 2.24) is 14.2 Å². The summed E-state index contributed by atoms with van der Waals surface area (Å²) in [5.41, 5.74) is 1.37. The van der Waals surface area contributed by atoms with Gasteiger partial charge in [0, 0.05) is 57.3 Å². The maximum absolute atomic E-state index is 12.8. The number of anilines is 1. The minimum absolute atomic E-state index is 0.00242. The molecular formula is C19H25N5O4S2. The van der Waals surface area contributed by atoms with E-state index in [4.69, 9.17) is 0 Å². The minimum Gasteiger partial charge on any atom is -0.363 e. The Morgan fingerprint density at radius 3 is 2.43 bits per heavy atom. The Labute approximate surface area is 180 Å². The first-order chi connectivity index (χ1) is 14.3. The summed E-state index contributed by atoms with van der Waals surface area (Å²) in [6.45, 7) is 6.51. The summed E-state index contributed by atoms with van der Waals surface area (Å²) < 4.78 is 27.0. The number of nitro groups is 1. The van der Waals surface area contributed by atoms with Crippen molar-refractivity contribution in [3.8, 4) is 0 Å². The highest BCUT2D eigenvalue weighted by Crippen LogP contribution is 2.33. The highest BCUT2D eigenvalue weighted by atomic mass is 32.2. The monoisotopic (exact) mass is 451 g/mol. The molecule has 2 aliphatic rings. The van der Waals surface area contributed by atoms with Gasteiger partial charge < -0.3 is 4.90 Å². The first kappa shape index (κ1) is 21.2. The number of sulfonamides is 1. The van der Waals surface area contributed by atoms with Crippen molar-refractivity contribution in [2.75, 3.05) is 44.2 Å². The SMILES string of the molecule is Cc1nc(CN2CCN(c3ccc(S(=O)(=O)N4CCCC4)cc3[N+](=O)[O-])CC2)cs1. The smallest absolute Gasteiger partial charge is 0.293 e. The molecule has 0 unspecified atom stereocenters. The molecule has 162 valence electrons. The third-order valence-electron chi connectivity index (χ3n) is 5.61. The van der Waals surface area contributed by atoms with E-state index in [0.29, 0.717) is 31.9 Å². The number of aryl methyl sites for hydroxylation is 1. The second-order valence-corrected chi connectivity index (χ2v) is 10.6. The Kier molecular flexibility index (Phi) is 6.05. The van der Waals surface area contributed by atoms with Crippen LogP contribution < -0.4 is 4.90 Å². The predicted octanol–water partition coefficient (Wildman–Crippen LogP) is 2.47. The number of rotatable bonds is 6. The van der Waals surface area contributed by atoms with E-state index >= 15 is 0 Å². The molecule has 2 fully saturated rings. The number of aromatic nitrogens is 1. The number of hydrogen-bond acceptors (Lipinski definition) is 8. The highest BCUT2D eigenvalue weighted by Gasteiger charge is 2.31. The number of benzene rings is 1. The number of hydrogen-bond donors (Lipinski definition) is 0. The van der Waals surface area contributed by atoms with Crippen LogP contribution in [-0.4, -0.2) is 66.8 Å². The molecule has 9 nitrogen and oxygen atoms in total. The van der Waals surface area contributed by atoms with Crippen LogP contribution in [0.1, 0.15) is 23.5 Å². The second kappa shape index (κ2) is 8.58. The van der Waals surface area contributed by atoms with Crippen molar-refractivity contribution in [2.45, 2.75) is 31.2 Å². The molecule has 30 heavy (non-hydrogen) atoms. The molecule has 0 bridgehead atoms. The average molecular weight is 452 g/mol. The van der Waals surface area contributed by atoms with Crippen molar-refractivity contribution < 1.29 is 13.3 Å². The molecule has 0 atom stereocenters. The topological polar surface area (TPSA) is 99.9 Å². The molecule has 2 aliphatic heterocycles. The van der Waals surface area contributed by atoms with Crippen LogP contribution in [0.3, 0.4) is 0 Å². The molecule has 0 N–H and O–H groups in total. The molecule has 3 heterocycles. The summed E-state index contributed by atoms with van der Waals surface area (Å²) in [7, 11) is -3.69. The van der Waals surface area contributed by atoms with Crippen LogP contribution in [0.25, 0.3) is 0 Å². The first-order valence-corrected chi connectivity index (χ1v) is 12.3. The fourth-order valence-corrected chi connectivity index (χ4v) is 6.15. The zero-order valence-electron chi connectivity index (χ0n) is 16.9. The molecule has 1 aromatic carbocycles. The van der Waals surface area contributed by atoms with Gasteiger partial charge in [-0.1, -0.05) is 0 Å². The van der Waals surface area contributed by atoms with Gasteiger partial charge in [-0.25, -0.2) is 13.4 Å². The lowest BCUT2D eigenvalue weighted by molar-refractivity contribution is -0.384. The average Bonchev–Trinajstić information content (AvgIpc) is 3.40. The number of thiazole rings is 1. The van der Waals surface area contributed by atoms with Crippen molar-refractivity contribution in [3.05, 3.63) is 44.4 Å². The maximum Gasteiger partial charge on any atom is 0.293 e. The standard InChI is InChI=1S/C19H25N5O4S2/c1-15-20-16(14-29-15)13-21-8-10-22(11-9-21)18-5-4-17(12-19(18)24(25)26)30(27,28)23-6-2-3-7-23/h4-5,12,14H,2-3,6-11,13H2,1H3. The van der Waals surface area contributed by atoms with E-state index in [2.05, 4.69) is 15.3 Å². The normalized spacial score (nSPS) is 18.8. The number of nitrogens with zero attached hydrogens (tertiary/aromatic N) is 5. The molecule has 0 radical (unpaired) electrons. The van der Waals surface area contributed by atoms with Crippen LogP contribution in [0.15, 0.2) is 28.5 Å². The Morgan fingerprint density at radius 1 is 1.13 bits per heavy atom. The van der Waals surface area contributed by atoms with Crippen LogP contribution in [0.4, 0.5) is 11.4 Å².